The van der Waals surface area contributed by atoms with Gasteiger partial charge in [0.05, 0.1) is 11.3 Å². The SMILES string of the molecule is O=C1CN(C(=O)Nc2ccc(F)cc2C(=O)O)CCCN1. The number of anilines is 1. The van der Waals surface area contributed by atoms with Crippen LogP contribution in [0.15, 0.2) is 18.2 Å². The van der Waals surface area contributed by atoms with Crippen molar-refractivity contribution >= 4 is 23.6 Å². The van der Waals surface area contributed by atoms with E-state index in [2.05, 4.69) is 10.6 Å². The van der Waals surface area contributed by atoms with Gasteiger partial charge in [-0.2, -0.15) is 0 Å². The number of carbonyl (C=O) groups is 3. The van der Waals surface area contributed by atoms with Gasteiger partial charge in [-0.05, 0) is 24.6 Å². The summed E-state index contributed by atoms with van der Waals surface area (Å²) < 4.78 is 13.1. The lowest BCUT2D eigenvalue weighted by atomic mass is 10.1. The molecule has 21 heavy (non-hydrogen) atoms. The van der Waals surface area contributed by atoms with Gasteiger partial charge in [-0.1, -0.05) is 0 Å². The van der Waals surface area contributed by atoms with Crippen LogP contribution in [0.4, 0.5) is 14.9 Å². The molecule has 8 heteroatoms. The Morgan fingerprint density at radius 1 is 1.38 bits per heavy atom. The van der Waals surface area contributed by atoms with E-state index in [1.54, 1.807) is 0 Å². The molecular weight excluding hydrogens is 281 g/mol. The van der Waals surface area contributed by atoms with Gasteiger partial charge in [-0.15, -0.1) is 0 Å². The quantitative estimate of drug-likeness (QED) is 0.754. The number of rotatable bonds is 2. The molecule has 0 aromatic heterocycles. The molecule has 0 saturated carbocycles. The number of carboxylic acid groups (broad SMARTS) is 1. The van der Waals surface area contributed by atoms with Gasteiger partial charge in [0.2, 0.25) is 5.91 Å². The van der Waals surface area contributed by atoms with Gasteiger partial charge in [0.25, 0.3) is 0 Å². The second-order valence-electron chi connectivity index (χ2n) is 4.55. The molecule has 3 amide bonds. The second kappa shape index (κ2) is 6.21. The molecule has 1 aliphatic rings. The first-order chi connectivity index (χ1) is 9.97. The number of hydrogen-bond acceptors (Lipinski definition) is 3. The van der Waals surface area contributed by atoms with Crippen molar-refractivity contribution in [1.29, 1.82) is 0 Å². The van der Waals surface area contributed by atoms with Gasteiger partial charge in [0.15, 0.2) is 0 Å². The fraction of sp³-hybridized carbons (Fsp3) is 0.308. The largest absolute Gasteiger partial charge is 0.478 e. The number of urea groups is 1. The van der Waals surface area contributed by atoms with Crippen molar-refractivity contribution in [3.63, 3.8) is 0 Å². The van der Waals surface area contributed by atoms with E-state index in [0.29, 0.717) is 19.5 Å². The highest BCUT2D eigenvalue weighted by Gasteiger charge is 2.21. The lowest BCUT2D eigenvalue weighted by Crippen LogP contribution is -2.40. The Balaban J connectivity index is 2.15. The van der Waals surface area contributed by atoms with Crippen LogP contribution >= 0.6 is 0 Å². The summed E-state index contributed by atoms with van der Waals surface area (Å²) in [5.41, 5.74) is -0.360. The van der Waals surface area contributed by atoms with Crippen LogP contribution in [0.3, 0.4) is 0 Å². The van der Waals surface area contributed by atoms with Crippen LogP contribution in [0.1, 0.15) is 16.8 Å². The normalized spacial score (nSPS) is 15.1. The molecule has 112 valence electrons. The highest BCUT2D eigenvalue weighted by molar-refractivity contribution is 6.00. The summed E-state index contributed by atoms with van der Waals surface area (Å²) in [6.07, 6.45) is 0.606. The Bertz CT molecular complexity index is 591. The van der Waals surface area contributed by atoms with Gasteiger partial charge in [-0.25, -0.2) is 14.0 Å². The fourth-order valence-corrected chi connectivity index (χ4v) is 1.98. The minimum atomic E-state index is -1.35. The van der Waals surface area contributed by atoms with E-state index in [1.807, 2.05) is 0 Å². The molecule has 0 radical (unpaired) electrons. The minimum absolute atomic E-state index is 0.0152. The van der Waals surface area contributed by atoms with Crippen LogP contribution in [0.5, 0.6) is 0 Å². The topological polar surface area (TPSA) is 98.7 Å². The first-order valence-electron chi connectivity index (χ1n) is 6.33. The van der Waals surface area contributed by atoms with Crippen LogP contribution in [-0.4, -0.2) is 47.5 Å². The predicted octanol–water partition coefficient (Wildman–Crippen LogP) is 0.878. The predicted molar refractivity (Wildman–Crippen MR) is 71.6 cm³/mol. The summed E-state index contributed by atoms with van der Waals surface area (Å²) in [6, 6.07) is 2.46. The number of halogens is 1. The van der Waals surface area contributed by atoms with Crippen molar-refractivity contribution in [3.05, 3.63) is 29.6 Å². The standard InChI is InChI=1S/C13H14FN3O4/c14-8-2-3-10(9(6-8)12(19)20)16-13(21)17-5-1-4-15-11(18)7-17/h2-3,6H,1,4-5,7H2,(H,15,18)(H,16,21)(H,19,20). The molecule has 1 aliphatic heterocycles. The maximum atomic E-state index is 13.1. The van der Waals surface area contributed by atoms with Crippen LogP contribution < -0.4 is 10.6 Å². The van der Waals surface area contributed by atoms with Crippen molar-refractivity contribution in [2.45, 2.75) is 6.42 Å². The molecule has 0 aliphatic carbocycles. The molecular formula is C13H14FN3O4. The van der Waals surface area contributed by atoms with Crippen LogP contribution in [0.2, 0.25) is 0 Å². The Labute approximate surface area is 119 Å². The zero-order valence-corrected chi connectivity index (χ0v) is 11.1. The Hall–Kier alpha value is -2.64. The number of carbonyl (C=O) groups excluding carboxylic acids is 2. The van der Waals surface area contributed by atoms with E-state index in [4.69, 9.17) is 5.11 Å². The van der Waals surface area contributed by atoms with Gasteiger partial charge in [0.1, 0.15) is 12.4 Å². The van der Waals surface area contributed by atoms with Gasteiger partial charge >= 0.3 is 12.0 Å². The number of nitrogens with zero attached hydrogens (tertiary/aromatic N) is 1. The van der Waals surface area contributed by atoms with Crippen molar-refractivity contribution in [3.8, 4) is 0 Å². The minimum Gasteiger partial charge on any atom is -0.478 e. The van der Waals surface area contributed by atoms with Crippen molar-refractivity contribution in [2.75, 3.05) is 25.0 Å². The monoisotopic (exact) mass is 295 g/mol. The highest BCUT2D eigenvalue weighted by atomic mass is 19.1. The summed E-state index contributed by atoms with van der Waals surface area (Å²) >= 11 is 0. The molecule has 7 nitrogen and oxygen atoms in total. The Morgan fingerprint density at radius 3 is 2.86 bits per heavy atom. The average molecular weight is 295 g/mol. The molecule has 0 bridgehead atoms. The summed E-state index contributed by atoms with van der Waals surface area (Å²) in [5, 5.41) is 14.0. The second-order valence-corrected chi connectivity index (χ2v) is 4.55. The smallest absolute Gasteiger partial charge is 0.337 e. The lowest BCUT2D eigenvalue weighted by molar-refractivity contribution is -0.120. The average Bonchev–Trinajstić information content (AvgIpc) is 2.65. The van der Waals surface area contributed by atoms with Crippen molar-refractivity contribution in [1.82, 2.24) is 10.2 Å². The lowest BCUT2D eigenvalue weighted by Gasteiger charge is -2.20. The zero-order chi connectivity index (χ0) is 15.4. The third kappa shape index (κ3) is 3.68. The first-order valence-corrected chi connectivity index (χ1v) is 6.33. The molecule has 0 atom stereocenters. The molecule has 1 fully saturated rings. The molecule has 0 spiro atoms. The van der Waals surface area contributed by atoms with E-state index < -0.39 is 17.8 Å². The number of carboxylic acids is 1. The molecule has 1 saturated heterocycles. The number of nitrogens with one attached hydrogen (secondary N) is 2. The number of hydrogen-bond donors (Lipinski definition) is 3. The molecule has 2 rings (SSSR count). The third-order valence-electron chi connectivity index (χ3n) is 3.00. The molecule has 1 heterocycles. The van der Waals surface area contributed by atoms with E-state index in [9.17, 15) is 18.8 Å². The van der Waals surface area contributed by atoms with Crippen LogP contribution in [0.25, 0.3) is 0 Å². The summed E-state index contributed by atoms with van der Waals surface area (Å²) in [4.78, 5) is 35.8. The van der Waals surface area contributed by atoms with Crippen LogP contribution in [0, 0.1) is 5.82 Å². The maximum absolute atomic E-state index is 13.1. The maximum Gasteiger partial charge on any atom is 0.337 e. The highest BCUT2D eigenvalue weighted by Crippen LogP contribution is 2.18. The van der Waals surface area contributed by atoms with E-state index in [-0.39, 0.29) is 23.7 Å². The fourth-order valence-electron chi connectivity index (χ4n) is 1.98. The first kappa shape index (κ1) is 14.8. The van der Waals surface area contributed by atoms with E-state index >= 15 is 0 Å². The van der Waals surface area contributed by atoms with Gasteiger partial charge in [-0.3, -0.25) is 4.79 Å². The Morgan fingerprint density at radius 2 is 2.14 bits per heavy atom. The zero-order valence-electron chi connectivity index (χ0n) is 11.1. The molecule has 3 N–H and O–H groups in total. The summed E-state index contributed by atoms with van der Waals surface area (Å²) in [5.74, 6) is -2.34. The third-order valence-corrected chi connectivity index (χ3v) is 3.00. The van der Waals surface area contributed by atoms with Crippen LogP contribution in [-0.2, 0) is 4.79 Å². The molecule has 1 aromatic carbocycles. The number of benzene rings is 1. The van der Waals surface area contributed by atoms with Crippen molar-refractivity contribution in [2.24, 2.45) is 0 Å². The summed E-state index contributed by atoms with van der Waals surface area (Å²) in [6.45, 7) is 0.753. The number of aromatic carboxylic acids is 1. The van der Waals surface area contributed by atoms with Gasteiger partial charge in [0, 0.05) is 13.1 Å². The Kier molecular flexibility index (Phi) is 4.36. The van der Waals surface area contributed by atoms with E-state index in [1.165, 1.54) is 11.0 Å². The molecule has 1 aromatic rings. The van der Waals surface area contributed by atoms with Gasteiger partial charge < -0.3 is 20.6 Å². The summed E-state index contributed by atoms with van der Waals surface area (Å²) in [7, 11) is 0. The van der Waals surface area contributed by atoms with E-state index in [0.717, 1.165) is 12.1 Å². The molecule has 0 unspecified atom stereocenters. The van der Waals surface area contributed by atoms with Crippen molar-refractivity contribution < 1.29 is 23.9 Å². The number of amides is 3.